The van der Waals surface area contributed by atoms with E-state index >= 15 is 0 Å². The van der Waals surface area contributed by atoms with Gasteiger partial charge in [-0.3, -0.25) is 4.31 Å². The van der Waals surface area contributed by atoms with E-state index < -0.39 is 21.9 Å². The zero-order valence-corrected chi connectivity index (χ0v) is 17.8. The van der Waals surface area contributed by atoms with Crippen LogP contribution in [0.2, 0.25) is 5.02 Å². The summed E-state index contributed by atoms with van der Waals surface area (Å²) in [5, 5.41) is 11.0. The molecule has 5 nitrogen and oxygen atoms in total. The van der Waals surface area contributed by atoms with Crippen LogP contribution in [0, 0.1) is 12.7 Å². The quantitative estimate of drug-likeness (QED) is 0.552. The van der Waals surface area contributed by atoms with E-state index in [4.69, 9.17) is 16.3 Å². The van der Waals surface area contributed by atoms with E-state index in [1.54, 1.807) is 36.4 Å². The Morgan fingerprint density at radius 3 is 2.20 bits per heavy atom. The third kappa shape index (κ3) is 5.50. The van der Waals surface area contributed by atoms with Gasteiger partial charge in [-0.05, 0) is 67.6 Å². The van der Waals surface area contributed by atoms with Crippen molar-refractivity contribution in [2.24, 2.45) is 0 Å². The number of sulfonamides is 1. The van der Waals surface area contributed by atoms with E-state index in [1.807, 2.05) is 6.92 Å². The standard InChI is InChI=1S/C22H21ClFNO4S/c1-16-2-12-22(13-3-16)30(27,28)25(19-8-6-18(24)7-9-19)14-20(26)15-29-21-10-4-17(23)5-11-21/h2-13,20,26H,14-15H2,1H3. The molecule has 0 radical (unpaired) electrons. The summed E-state index contributed by atoms with van der Waals surface area (Å²) in [6.45, 7) is 1.45. The molecule has 1 atom stereocenters. The zero-order valence-electron chi connectivity index (χ0n) is 16.2. The number of hydrogen-bond donors (Lipinski definition) is 1. The molecule has 0 heterocycles. The lowest BCUT2D eigenvalue weighted by Crippen LogP contribution is -2.39. The fourth-order valence-corrected chi connectivity index (χ4v) is 4.38. The van der Waals surface area contributed by atoms with Gasteiger partial charge in [0.05, 0.1) is 17.1 Å². The summed E-state index contributed by atoms with van der Waals surface area (Å²) >= 11 is 5.84. The summed E-state index contributed by atoms with van der Waals surface area (Å²) in [5.41, 5.74) is 1.15. The van der Waals surface area contributed by atoms with Gasteiger partial charge in [0.2, 0.25) is 0 Å². The number of aliphatic hydroxyl groups is 1. The highest BCUT2D eigenvalue weighted by Crippen LogP contribution is 2.25. The van der Waals surface area contributed by atoms with Gasteiger partial charge in [-0.25, -0.2) is 12.8 Å². The Balaban J connectivity index is 1.83. The molecule has 8 heteroatoms. The normalized spacial score (nSPS) is 12.4. The second-order valence-electron chi connectivity index (χ2n) is 6.74. The van der Waals surface area contributed by atoms with Gasteiger partial charge >= 0.3 is 0 Å². The summed E-state index contributed by atoms with van der Waals surface area (Å²) in [5.74, 6) is 0.00577. The average molecular weight is 450 g/mol. The molecule has 0 aliphatic rings. The number of halogens is 2. The lowest BCUT2D eigenvalue weighted by molar-refractivity contribution is 0.115. The van der Waals surface area contributed by atoms with Crippen molar-refractivity contribution in [1.29, 1.82) is 0 Å². The predicted molar refractivity (Wildman–Crippen MR) is 115 cm³/mol. The van der Waals surface area contributed by atoms with Crippen LogP contribution < -0.4 is 9.04 Å². The zero-order chi connectivity index (χ0) is 21.7. The molecular formula is C22H21ClFNO4S. The molecule has 1 unspecified atom stereocenters. The van der Waals surface area contributed by atoms with Gasteiger partial charge in [0, 0.05) is 5.02 Å². The van der Waals surface area contributed by atoms with Crippen LogP contribution in [-0.2, 0) is 10.0 Å². The summed E-state index contributed by atoms with van der Waals surface area (Å²) in [6.07, 6.45) is -1.13. The van der Waals surface area contributed by atoms with Gasteiger partial charge in [0.25, 0.3) is 10.0 Å². The largest absolute Gasteiger partial charge is 0.491 e. The fraction of sp³-hybridized carbons (Fsp3) is 0.182. The summed E-state index contributed by atoms with van der Waals surface area (Å²) in [6, 6.07) is 18.0. The highest BCUT2D eigenvalue weighted by Gasteiger charge is 2.27. The van der Waals surface area contributed by atoms with Crippen LogP contribution in [0.5, 0.6) is 5.75 Å². The van der Waals surface area contributed by atoms with E-state index in [-0.39, 0.29) is 23.7 Å². The SMILES string of the molecule is Cc1ccc(S(=O)(=O)N(CC(O)COc2ccc(Cl)cc2)c2ccc(F)cc2)cc1. The van der Waals surface area contributed by atoms with Crippen LogP contribution in [-0.4, -0.2) is 32.8 Å². The summed E-state index contributed by atoms with van der Waals surface area (Å²) in [7, 11) is -3.99. The molecule has 3 rings (SSSR count). The fourth-order valence-electron chi connectivity index (χ4n) is 2.75. The molecule has 0 spiro atoms. The number of nitrogens with zero attached hydrogens (tertiary/aromatic N) is 1. The number of anilines is 1. The van der Waals surface area contributed by atoms with Crippen molar-refractivity contribution in [3.05, 3.63) is 89.2 Å². The molecule has 0 aliphatic carbocycles. The van der Waals surface area contributed by atoms with Gasteiger partial charge in [-0.1, -0.05) is 29.3 Å². The maximum atomic E-state index is 13.4. The Bertz CT molecular complexity index is 1070. The van der Waals surface area contributed by atoms with Gasteiger partial charge in [0.1, 0.15) is 24.3 Å². The number of rotatable bonds is 8. The van der Waals surface area contributed by atoms with Crippen LogP contribution in [0.3, 0.4) is 0 Å². The second-order valence-corrected chi connectivity index (χ2v) is 9.04. The minimum absolute atomic E-state index is 0.0724. The highest BCUT2D eigenvalue weighted by atomic mass is 35.5. The molecule has 0 aromatic heterocycles. The Morgan fingerprint density at radius 1 is 1.00 bits per heavy atom. The number of benzene rings is 3. The lowest BCUT2D eigenvalue weighted by Gasteiger charge is -2.27. The topological polar surface area (TPSA) is 66.8 Å². The molecule has 1 N–H and O–H groups in total. The third-order valence-corrected chi connectivity index (χ3v) is 6.42. The van der Waals surface area contributed by atoms with Gasteiger partial charge in [-0.2, -0.15) is 0 Å². The lowest BCUT2D eigenvalue weighted by atomic mass is 10.2. The number of aryl methyl sites for hydroxylation is 1. The molecule has 0 saturated carbocycles. The minimum atomic E-state index is -3.99. The predicted octanol–water partition coefficient (Wildman–Crippen LogP) is 4.42. The Hall–Kier alpha value is -2.61. The summed E-state index contributed by atoms with van der Waals surface area (Å²) in [4.78, 5) is 0.0724. The molecule has 0 aliphatic heterocycles. The highest BCUT2D eigenvalue weighted by molar-refractivity contribution is 7.92. The van der Waals surface area contributed by atoms with Crippen molar-refractivity contribution in [2.75, 3.05) is 17.5 Å². The maximum Gasteiger partial charge on any atom is 0.264 e. The molecule has 30 heavy (non-hydrogen) atoms. The van der Waals surface area contributed by atoms with Crippen molar-refractivity contribution in [2.45, 2.75) is 17.9 Å². The maximum absolute atomic E-state index is 13.4. The van der Waals surface area contributed by atoms with E-state index in [0.717, 1.165) is 9.87 Å². The smallest absolute Gasteiger partial charge is 0.264 e. The van der Waals surface area contributed by atoms with Crippen LogP contribution in [0.25, 0.3) is 0 Å². The molecule has 0 saturated heterocycles. The Morgan fingerprint density at radius 2 is 1.60 bits per heavy atom. The first-order valence-corrected chi connectivity index (χ1v) is 11.0. The minimum Gasteiger partial charge on any atom is -0.491 e. The van der Waals surface area contributed by atoms with Crippen LogP contribution in [0.1, 0.15) is 5.56 Å². The molecule has 0 fully saturated rings. The van der Waals surface area contributed by atoms with Crippen molar-refractivity contribution in [3.63, 3.8) is 0 Å². The van der Waals surface area contributed by atoms with E-state index in [0.29, 0.717) is 10.8 Å². The first kappa shape index (κ1) is 22.1. The van der Waals surface area contributed by atoms with Crippen molar-refractivity contribution in [1.82, 2.24) is 0 Å². The number of hydrogen-bond acceptors (Lipinski definition) is 4. The number of ether oxygens (including phenoxy) is 1. The molecule has 0 amide bonds. The van der Waals surface area contributed by atoms with Crippen LogP contribution in [0.4, 0.5) is 10.1 Å². The van der Waals surface area contributed by atoms with Gasteiger partial charge in [-0.15, -0.1) is 0 Å². The van der Waals surface area contributed by atoms with E-state index in [9.17, 15) is 17.9 Å². The Kier molecular flexibility index (Phi) is 6.97. The van der Waals surface area contributed by atoms with Crippen molar-refractivity contribution in [3.8, 4) is 5.75 Å². The monoisotopic (exact) mass is 449 g/mol. The Labute approximate surface area is 180 Å². The molecule has 3 aromatic carbocycles. The second kappa shape index (κ2) is 9.47. The van der Waals surface area contributed by atoms with Gasteiger partial charge < -0.3 is 9.84 Å². The first-order chi connectivity index (χ1) is 14.3. The first-order valence-electron chi connectivity index (χ1n) is 9.17. The molecule has 3 aromatic rings. The molecule has 0 bridgehead atoms. The van der Waals surface area contributed by atoms with E-state index in [2.05, 4.69) is 0 Å². The number of aliphatic hydroxyl groups excluding tert-OH is 1. The average Bonchev–Trinajstić information content (AvgIpc) is 2.72. The van der Waals surface area contributed by atoms with Gasteiger partial charge in [0.15, 0.2) is 0 Å². The van der Waals surface area contributed by atoms with Crippen molar-refractivity contribution >= 4 is 27.3 Å². The van der Waals surface area contributed by atoms with Crippen LogP contribution >= 0.6 is 11.6 Å². The molecular weight excluding hydrogens is 429 g/mol. The van der Waals surface area contributed by atoms with Crippen LogP contribution in [0.15, 0.2) is 77.7 Å². The molecule has 158 valence electrons. The van der Waals surface area contributed by atoms with E-state index in [1.165, 1.54) is 36.4 Å². The summed E-state index contributed by atoms with van der Waals surface area (Å²) < 4.78 is 46.4. The van der Waals surface area contributed by atoms with Crippen molar-refractivity contribution < 1.29 is 22.7 Å². The third-order valence-electron chi connectivity index (χ3n) is 4.36.